The zero-order chi connectivity index (χ0) is 54.9. The molecule has 4 rings (SSSR count). The highest BCUT2D eigenvalue weighted by Gasteiger charge is 2.31. The molecule has 414 valence electrons. The lowest BCUT2D eigenvalue weighted by atomic mass is 9.81. The van der Waals surface area contributed by atoms with Gasteiger partial charge >= 0.3 is 41.8 Å². The third-order valence-electron chi connectivity index (χ3n) is 13.4. The third-order valence-corrected chi connectivity index (χ3v) is 13.4. The van der Waals surface area contributed by atoms with Crippen molar-refractivity contribution in [1.82, 2.24) is 46.2 Å². The van der Waals surface area contributed by atoms with Gasteiger partial charge in [0.2, 0.25) is 17.7 Å². The Hall–Kier alpha value is -6.96. The molecule has 2 aromatic carbocycles. The predicted octanol–water partition coefficient (Wildman–Crippen LogP) is 0.0121. The van der Waals surface area contributed by atoms with Crippen LogP contribution in [0.4, 0.5) is 4.79 Å². The number of amides is 5. The molecule has 1 saturated carbocycles. The fourth-order valence-electron chi connectivity index (χ4n) is 9.17. The van der Waals surface area contributed by atoms with E-state index in [0.717, 1.165) is 16.3 Å². The molecule has 5 amide bonds. The first-order chi connectivity index (χ1) is 35.7. The van der Waals surface area contributed by atoms with E-state index >= 15 is 0 Å². The van der Waals surface area contributed by atoms with E-state index in [1.807, 2.05) is 47.4 Å². The molecule has 2 fully saturated rings. The average Bonchev–Trinajstić information content (AvgIpc) is 3.34. The topological polar surface area (TPSA) is 365 Å². The highest BCUT2D eigenvalue weighted by molar-refractivity contribution is 5.89. The quantitative estimate of drug-likeness (QED) is 0.0500. The van der Waals surface area contributed by atoms with Gasteiger partial charge in [-0.15, -0.1) is 0 Å². The molecule has 11 N–H and O–H groups in total. The predicted molar refractivity (Wildman–Crippen MR) is 270 cm³/mol. The van der Waals surface area contributed by atoms with Crippen molar-refractivity contribution in [3.05, 3.63) is 48.0 Å². The Morgan fingerprint density at radius 3 is 1.51 bits per heavy atom. The molecule has 1 unspecified atom stereocenters. The van der Waals surface area contributed by atoms with Crippen LogP contribution in [0.15, 0.2) is 42.5 Å². The number of urea groups is 1. The molecular formula is C50H73N9O16. The Bertz CT molecular complexity index is 2250. The Balaban J connectivity index is 1.29. The number of hydrogen-bond acceptors (Lipinski definition) is 14. The van der Waals surface area contributed by atoms with Gasteiger partial charge in [0.1, 0.15) is 18.1 Å². The summed E-state index contributed by atoms with van der Waals surface area (Å²) in [5, 5.41) is 71.6. The molecule has 75 heavy (non-hydrogen) atoms. The van der Waals surface area contributed by atoms with Crippen LogP contribution in [0.2, 0.25) is 0 Å². The van der Waals surface area contributed by atoms with Crippen molar-refractivity contribution in [3.63, 3.8) is 0 Å². The Kier molecular flexibility index (Phi) is 25.6. The van der Waals surface area contributed by atoms with Crippen molar-refractivity contribution in [2.24, 2.45) is 11.8 Å². The molecule has 25 heteroatoms. The molecular weight excluding hydrogens is 983 g/mol. The van der Waals surface area contributed by atoms with Gasteiger partial charge in [0.25, 0.3) is 0 Å². The molecule has 25 nitrogen and oxygen atoms in total. The summed E-state index contributed by atoms with van der Waals surface area (Å²) >= 11 is 0. The van der Waals surface area contributed by atoms with E-state index in [0.29, 0.717) is 51.7 Å². The Labute approximate surface area is 434 Å². The van der Waals surface area contributed by atoms with E-state index in [4.69, 9.17) is 5.11 Å². The maximum atomic E-state index is 13.8. The van der Waals surface area contributed by atoms with Crippen LogP contribution in [0.25, 0.3) is 10.8 Å². The van der Waals surface area contributed by atoms with Crippen LogP contribution in [-0.4, -0.2) is 220 Å². The van der Waals surface area contributed by atoms with Crippen LogP contribution < -0.4 is 26.6 Å². The van der Waals surface area contributed by atoms with Crippen molar-refractivity contribution in [2.45, 2.75) is 88.8 Å². The number of nitrogens with zero attached hydrogens (tertiary/aromatic N) is 4. The van der Waals surface area contributed by atoms with Crippen LogP contribution in [0, 0.1) is 11.8 Å². The van der Waals surface area contributed by atoms with E-state index in [1.165, 1.54) is 0 Å². The van der Waals surface area contributed by atoms with Gasteiger partial charge < -0.3 is 57.2 Å². The first kappa shape index (κ1) is 60.6. The molecule has 0 bridgehead atoms. The van der Waals surface area contributed by atoms with Crippen molar-refractivity contribution in [2.75, 3.05) is 91.6 Å². The highest BCUT2D eigenvalue weighted by atomic mass is 16.4. The summed E-state index contributed by atoms with van der Waals surface area (Å²) in [6.45, 7) is 1.75. The summed E-state index contributed by atoms with van der Waals surface area (Å²) in [7, 11) is 0. The molecule has 1 aliphatic carbocycles. The van der Waals surface area contributed by atoms with E-state index in [-0.39, 0.29) is 128 Å². The number of benzene rings is 2. The molecule has 1 heterocycles. The molecule has 2 aromatic rings. The van der Waals surface area contributed by atoms with Crippen molar-refractivity contribution >= 4 is 70.3 Å². The minimum Gasteiger partial charge on any atom is -0.481 e. The summed E-state index contributed by atoms with van der Waals surface area (Å²) in [6, 6.07) is 8.66. The normalized spacial score (nSPS) is 18.7. The minimum absolute atomic E-state index is 0.0222. The number of carbonyl (C=O) groups excluding carboxylic acids is 4. The SMILES string of the molecule is O=C(O)CCC[C@H](NC(=O)N[C@@H](CCCCNC(=O)C(Cc1ccc2ccccc2c1)NC(=O)C1CCC(CNC(=O)CN2CCN(CC(=O)O)CCN(CC(=O)O)CCN(CC(=O)O)CC2)CC1)C(=O)O)C(=O)O. The maximum absolute atomic E-state index is 13.8. The number of fused-ring (bicyclic) bond motifs is 1. The number of aliphatic carboxylic acids is 6. The first-order valence-electron chi connectivity index (χ1n) is 25.4. The summed E-state index contributed by atoms with van der Waals surface area (Å²) in [5.74, 6) is -8.41. The number of nitrogens with one attached hydrogen (secondary N) is 5. The fourth-order valence-corrected chi connectivity index (χ4v) is 9.17. The van der Waals surface area contributed by atoms with Gasteiger partial charge in [-0.2, -0.15) is 0 Å². The van der Waals surface area contributed by atoms with Gasteiger partial charge in [-0.25, -0.2) is 14.4 Å². The van der Waals surface area contributed by atoms with E-state index < -0.39 is 71.8 Å². The molecule has 3 atom stereocenters. The standard InChI is InChI=1S/C50H73N9O16/c60-41(29-56-18-20-57(30-43(63)64)22-24-59(32-45(67)68)25-23-58(21-19-56)31-44(65)66)52-28-33-11-15-36(16-12-33)46(69)53-40(27-34-13-14-35-6-1-2-7-37(35)26-34)47(70)51-17-4-3-8-38(48(71)72)54-50(75)55-39(49(73)74)9-5-10-42(61)62/h1-2,6-7,13-14,26,33,36,38-40H,3-5,8-12,15-25,27-32H2,(H,51,70)(H,52,60)(H,53,69)(H,61,62)(H,63,64)(H,65,66)(H,67,68)(H,71,72)(H,73,74)(H2,54,55,75)/t33?,36?,38-,39-,40?/m0/s1. The zero-order valence-electron chi connectivity index (χ0n) is 42.2. The number of rotatable bonds is 28. The van der Waals surface area contributed by atoms with Gasteiger partial charge in [-0.1, -0.05) is 42.5 Å². The van der Waals surface area contributed by atoms with Crippen LogP contribution in [-0.2, 0) is 49.6 Å². The van der Waals surface area contributed by atoms with Crippen molar-refractivity contribution in [1.29, 1.82) is 0 Å². The lowest BCUT2D eigenvalue weighted by Gasteiger charge is -2.33. The number of carboxylic acid groups (broad SMARTS) is 6. The van der Waals surface area contributed by atoms with Crippen molar-refractivity contribution < 1.29 is 78.6 Å². The maximum Gasteiger partial charge on any atom is 0.326 e. The lowest BCUT2D eigenvalue weighted by Crippen LogP contribution is -2.51. The minimum atomic E-state index is -1.43. The number of hydrogen-bond donors (Lipinski definition) is 11. The smallest absolute Gasteiger partial charge is 0.326 e. The van der Waals surface area contributed by atoms with E-state index in [9.17, 15) is 73.5 Å². The zero-order valence-corrected chi connectivity index (χ0v) is 42.2. The fraction of sp³-hybridized carbons (Fsp3) is 0.600. The van der Waals surface area contributed by atoms with Crippen LogP contribution in [0.5, 0.6) is 0 Å². The Morgan fingerprint density at radius 2 is 1.01 bits per heavy atom. The van der Waals surface area contributed by atoms with Crippen LogP contribution in [0.1, 0.15) is 69.8 Å². The van der Waals surface area contributed by atoms with Crippen LogP contribution >= 0.6 is 0 Å². The van der Waals surface area contributed by atoms with Gasteiger partial charge in [0, 0.05) is 84.2 Å². The number of unbranched alkanes of at least 4 members (excludes halogenated alkanes) is 1. The van der Waals surface area contributed by atoms with Gasteiger partial charge in [-0.3, -0.25) is 53.2 Å². The number of carbonyl (C=O) groups is 10. The largest absolute Gasteiger partial charge is 0.481 e. The van der Waals surface area contributed by atoms with E-state index in [2.05, 4.69) is 26.6 Å². The molecule has 2 aliphatic rings. The summed E-state index contributed by atoms with van der Waals surface area (Å²) in [6.07, 6.45) is 2.40. The number of carboxylic acids is 6. The van der Waals surface area contributed by atoms with Gasteiger partial charge in [-0.05, 0) is 80.0 Å². The first-order valence-corrected chi connectivity index (χ1v) is 25.4. The van der Waals surface area contributed by atoms with Crippen molar-refractivity contribution in [3.8, 4) is 0 Å². The van der Waals surface area contributed by atoms with Crippen LogP contribution in [0.3, 0.4) is 0 Å². The van der Waals surface area contributed by atoms with Gasteiger partial charge in [0.15, 0.2) is 0 Å². The summed E-state index contributed by atoms with van der Waals surface area (Å²) < 4.78 is 0. The second kappa shape index (κ2) is 31.7. The Morgan fingerprint density at radius 1 is 0.520 bits per heavy atom. The average molecular weight is 1060 g/mol. The van der Waals surface area contributed by atoms with Gasteiger partial charge in [0.05, 0.1) is 26.2 Å². The molecule has 0 aromatic heterocycles. The van der Waals surface area contributed by atoms with E-state index in [1.54, 1.807) is 14.7 Å². The second-order valence-corrected chi connectivity index (χ2v) is 19.2. The monoisotopic (exact) mass is 1060 g/mol. The molecule has 1 saturated heterocycles. The third kappa shape index (κ3) is 23.4. The molecule has 1 aliphatic heterocycles. The summed E-state index contributed by atoms with van der Waals surface area (Å²) in [4.78, 5) is 129. The lowest BCUT2D eigenvalue weighted by molar-refractivity contribution is -0.141. The second-order valence-electron chi connectivity index (χ2n) is 19.2. The summed E-state index contributed by atoms with van der Waals surface area (Å²) in [5.41, 5.74) is 0.807. The highest BCUT2D eigenvalue weighted by Crippen LogP contribution is 2.29. The molecule has 0 radical (unpaired) electrons. The molecule has 0 spiro atoms.